The van der Waals surface area contributed by atoms with Gasteiger partial charge in [-0.25, -0.2) is 4.98 Å². The van der Waals surface area contributed by atoms with Gasteiger partial charge in [-0.2, -0.15) is 0 Å². The third-order valence-electron chi connectivity index (χ3n) is 4.52. The molecule has 0 amide bonds. The van der Waals surface area contributed by atoms with Crippen LogP contribution in [0.25, 0.3) is 0 Å². The van der Waals surface area contributed by atoms with E-state index in [9.17, 15) is 0 Å². The molecular formula is C18H29ClN2. The molecule has 1 aromatic rings. The molecule has 2 nitrogen and oxygen atoms in total. The predicted octanol–water partition coefficient (Wildman–Crippen LogP) is 6.13. The summed E-state index contributed by atoms with van der Waals surface area (Å²) >= 11 is 5.94. The highest BCUT2D eigenvalue weighted by Gasteiger charge is 2.11. The van der Waals surface area contributed by atoms with E-state index < -0.39 is 0 Å². The fourth-order valence-corrected chi connectivity index (χ4v) is 3.40. The summed E-state index contributed by atoms with van der Waals surface area (Å²) in [5, 5.41) is 4.29. The number of anilines is 1. The van der Waals surface area contributed by atoms with E-state index in [1.807, 2.05) is 13.0 Å². The number of hydrogen-bond acceptors (Lipinski definition) is 2. The van der Waals surface area contributed by atoms with Crippen molar-refractivity contribution in [3.63, 3.8) is 0 Å². The van der Waals surface area contributed by atoms with Crippen molar-refractivity contribution in [3.8, 4) is 0 Å². The minimum atomic E-state index is 0.580. The highest BCUT2D eigenvalue weighted by molar-refractivity contribution is 6.29. The fraction of sp³-hybridized carbons (Fsp3) is 0.722. The molecule has 0 unspecified atom stereocenters. The van der Waals surface area contributed by atoms with Crippen LogP contribution in [0.2, 0.25) is 5.15 Å². The molecule has 1 fully saturated rings. The van der Waals surface area contributed by atoms with Gasteiger partial charge in [-0.3, -0.25) is 0 Å². The van der Waals surface area contributed by atoms with Crippen LogP contribution in [0.3, 0.4) is 0 Å². The summed E-state index contributed by atoms with van der Waals surface area (Å²) in [4.78, 5) is 4.34. The first-order valence-electron chi connectivity index (χ1n) is 8.65. The molecule has 1 aromatic heterocycles. The lowest BCUT2D eigenvalue weighted by Crippen LogP contribution is -2.20. The maximum absolute atomic E-state index is 5.94. The molecule has 1 N–H and O–H groups in total. The molecule has 0 saturated heterocycles. The van der Waals surface area contributed by atoms with Crippen molar-refractivity contribution in [2.24, 2.45) is 0 Å². The number of aromatic nitrogens is 1. The Bertz CT molecular complexity index is 408. The van der Waals surface area contributed by atoms with Crippen LogP contribution in [0.1, 0.15) is 76.3 Å². The Balaban J connectivity index is 1.90. The van der Waals surface area contributed by atoms with Gasteiger partial charge < -0.3 is 5.32 Å². The maximum Gasteiger partial charge on any atom is 0.129 e. The lowest BCUT2D eigenvalue weighted by Gasteiger charge is -2.21. The largest absolute Gasteiger partial charge is 0.381 e. The predicted molar refractivity (Wildman–Crippen MR) is 92.2 cm³/mol. The van der Waals surface area contributed by atoms with Crippen molar-refractivity contribution in [1.82, 2.24) is 4.98 Å². The molecule has 3 heteroatoms. The molecule has 0 spiro atoms. The van der Waals surface area contributed by atoms with Crippen LogP contribution in [-0.4, -0.2) is 11.0 Å². The molecular weight excluding hydrogens is 280 g/mol. The maximum atomic E-state index is 5.94. The second-order valence-corrected chi connectivity index (χ2v) is 6.75. The van der Waals surface area contributed by atoms with Crippen LogP contribution < -0.4 is 5.32 Å². The zero-order chi connectivity index (χ0) is 14.9. The van der Waals surface area contributed by atoms with Crippen LogP contribution in [0.15, 0.2) is 12.1 Å². The second kappa shape index (κ2) is 9.30. The number of hydrogen-bond donors (Lipinski definition) is 1. The first-order chi connectivity index (χ1) is 10.3. The summed E-state index contributed by atoms with van der Waals surface area (Å²) in [5.74, 6) is 0. The van der Waals surface area contributed by atoms with Crippen molar-refractivity contribution in [2.45, 2.75) is 83.6 Å². The van der Waals surface area contributed by atoms with Crippen molar-refractivity contribution >= 4 is 17.3 Å². The summed E-state index contributed by atoms with van der Waals surface area (Å²) in [7, 11) is 0. The molecule has 0 bridgehead atoms. The highest BCUT2D eigenvalue weighted by Crippen LogP contribution is 2.22. The molecule has 0 atom stereocenters. The van der Waals surface area contributed by atoms with Crippen LogP contribution in [0, 0.1) is 6.92 Å². The molecule has 21 heavy (non-hydrogen) atoms. The van der Waals surface area contributed by atoms with E-state index in [0.717, 1.165) is 11.4 Å². The number of aryl methyl sites for hydroxylation is 1. The van der Waals surface area contributed by atoms with E-state index in [0.29, 0.717) is 11.2 Å². The molecule has 2 rings (SSSR count). The number of pyridine rings is 1. The molecule has 0 radical (unpaired) electrons. The Labute approximate surface area is 134 Å². The SMILES string of the molecule is Cc1nc(Cl)ccc1NC1CCCCCCCCCCC1. The Morgan fingerprint density at radius 3 is 1.95 bits per heavy atom. The van der Waals surface area contributed by atoms with E-state index in [1.54, 1.807) is 0 Å². The summed E-state index contributed by atoms with van der Waals surface area (Å²) in [6.45, 7) is 2.03. The van der Waals surface area contributed by atoms with E-state index in [-0.39, 0.29) is 0 Å². The van der Waals surface area contributed by atoms with Crippen LogP contribution in [0.5, 0.6) is 0 Å². The van der Waals surface area contributed by atoms with Crippen molar-refractivity contribution in [3.05, 3.63) is 23.0 Å². The van der Waals surface area contributed by atoms with E-state index in [2.05, 4.69) is 16.4 Å². The smallest absolute Gasteiger partial charge is 0.129 e. The molecule has 118 valence electrons. The molecule has 0 aromatic carbocycles. The normalized spacial score (nSPS) is 19.5. The monoisotopic (exact) mass is 308 g/mol. The Morgan fingerprint density at radius 1 is 0.905 bits per heavy atom. The first-order valence-corrected chi connectivity index (χ1v) is 9.03. The van der Waals surface area contributed by atoms with Crippen molar-refractivity contribution in [1.29, 1.82) is 0 Å². The minimum Gasteiger partial charge on any atom is -0.381 e. The average molecular weight is 309 g/mol. The first kappa shape index (κ1) is 16.6. The quantitative estimate of drug-likeness (QED) is 0.665. The van der Waals surface area contributed by atoms with Crippen LogP contribution in [0.4, 0.5) is 5.69 Å². The minimum absolute atomic E-state index is 0.580. The second-order valence-electron chi connectivity index (χ2n) is 6.37. The van der Waals surface area contributed by atoms with Crippen LogP contribution in [-0.2, 0) is 0 Å². The van der Waals surface area contributed by atoms with Gasteiger partial charge in [0.05, 0.1) is 11.4 Å². The van der Waals surface area contributed by atoms with Gasteiger partial charge in [0.1, 0.15) is 5.15 Å². The summed E-state index contributed by atoms with van der Waals surface area (Å²) < 4.78 is 0. The topological polar surface area (TPSA) is 24.9 Å². The molecule has 1 aliphatic rings. The Hall–Kier alpha value is -0.760. The van der Waals surface area contributed by atoms with Gasteiger partial charge in [-0.1, -0.05) is 69.4 Å². The van der Waals surface area contributed by atoms with Gasteiger partial charge in [-0.05, 0) is 31.9 Å². The van der Waals surface area contributed by atoms with Gasteiger partial charge in [0.15, 0.2) is 0 Å². The molecule has 1 aliphatic carbocycles. The molecule has 0 aliphatic heterocycles. The number of halogens is 1. The van der Waals surface area contributed by atoms with E-state index in [4.69, 9.17) is 11.6 Å². The van der Waals surface area contributed by atoms with E-state index in [1.165, 1.54) is 70.6 Å². The van der Waals surface area contributed by atoms with Gasteiger partial charge in [-0.15, -0.1) is 0 Å². The van der Waals surface area contributed by atoms with E-state index >= 15 is 0 Å². The summed E-state index contributed by atoms with van der Waals surface area (Å²) in [6.07, 6.45) is 15.1. The lowest BCUT2D eigenvalue weighted by molar-refractivity contribution is 0.480. The van der Waals surface area contributed by atoms with Gasteiger partial charge >= 0.3 is 0 Å². The summed E-state index contributed by atoms with van der Waals surface area (Å²) in [5.41, 5.74) is 2.16. The standard InChI is InChI=1S/C18H29ClN2/c1-15-17(13-14-18(19)20-15)21-16-11-9-7-5-3-2-4-6-8-10-12-16/h13-14,16,21H,2-12H2,1H3. The Morgan fingerprint density at radius 2 is 1.43 bits per heavy atom. The average Bonchev–Trinajstić information content (AvgIpc) is 2.44. The summed E-state index contributed by atoms with van der Waals surface area (Å²) in [6, 6.07) is 4.54. The highest BCUT2D eigenvalue weighted by atomic mass is 35.5. The Kier molecular flexibility index (Phi) is 7.35. The fourth-order valence-electron chi connectivity index (χ4n) is 3.21. The van der Waals surface area contributed by atoms with Crippen molar-refractivity contribution < 1.29 is 0 Å². The molecule has 1 saturated carbocycles. The zero-order valence-corrected chi connectivity index (χ0v) is 14.1. The number of rotatable bonds is 2. The van der Waals surface area contributed by atoms with Crippen LogP contribution >= 0.6 is 11.6 Å². The number of nitrogens with zero attached hydrogens (tertiary/aromatic N) is 1. The van der Waals surface area contributed by atoms with Gasteiger partial charge in [0.25, 0.3) is 0 Å². The number of nitrogens with one attached hydrogen (secondary N) is 1. The molecule has 1 heterocycles. The van der Waals surface area contributed by atoms with Gasteiger partial charge in [0, 0.05) is 6.04 Å². The third kappa shape index (κ3) is 6.25. The zero-order valence-electron chi connectivity index (χ0n) is 13.3. The van der Waals surface area contributed by atoms with Crippen molar-refractivity contribution in [2.75, 3.05) is 5.32 Å². The third-order valence-corrected chi connectivity index (χ3v) is 4.73. The lowest BCUT2D eigenvalue weighted by atomic mass is 9.97. The van der Waals surface area contributed by atoms with Gasteiger partial charge in [0.2, 0.25) is 0 Å².